The van der Waals surface area contributed by atoms with Crippen LogP contribution in [-0.2, 0) is 6.54 Å². The maximum atomic E-state index is 5.40. The molecule has 6 heteroatoms. The van der Waals surface area contributed by atoms with Gasteiger partial charge in [0.2, 0.25) is 0 Å². The van der Waals surface area contributed by atoms with E-state index in [2.05, 4.69) is 5.10 Å². The van der Waals surface area contributed by atoms with Crippen molar-refractivity contribution >= 4 is 0 Å². The predicted molar refractivity (Wildman–Crippen MR) is 89.7 cm³/mol. The first-order chi connectivity index (χ1) is 11.7. The summed E-state index contributed by atoms with van der Waals surface area (Å²) in [5, 5.41) is 4.63. The number of ether oxygens (including phenoxy) is 3. The second-order valence-electron chi connectivity index (χ2n) is 5.51. The zero-order valence-corrected chi connectivity index (χ0v) is 13.7. The molecule has 24 heavy (non-hydrogen) atoms. The topological polar surface area (TPSA) is 58.4 Å². The van der Waals surface area contributed by atoms with Crippen LogP contribution in [0.2, 0.25) is 0 Å². The summed E-state index contributed by atoms with van der Waals surface area (Å²) in [6, 6.07) is 11.7. The van der Waals surface area contributed by atoms with Crippen LogP contribution in [0.3, 0.4) is 0 Å². The van der Waals surface area contributed by atoms with E-state index in [1.165, 1.54) is 0 Å². The van der Waals surface area contributed by atoms with Crippen LogP contribution >= 0.6 is 0 Å². The maximum Gasteiger partial charge on any atom is 0.181 e. The van der Waals surface area contributed by atoms with E-state index in [9.17, 15) is 0 Å². The molecular weight excluding hydrogens is 306 g/mol. The van der Waals surface area contributed by atoms with Crippen LogP contribution in [0.15, 0.2) is 36.4 Å². The second kappa shape index (κ2) is 5.56. The molecule has 6 nitrogen and oxygen atoms in total. The zero-order chi connectivity index (χ0) is 16.7. The van der Waals surface area contributed by atoms with E-state index in [0.29, 0.717) is 18.1 Å². The molecule has 3 aromatic rings. The summed E-state index contributed by atoms with van der Waals surface area (Å²) < 4.78 is 17.9. The summed E-state index contributed by atoms with van der Waals surface area (Å²) in [4.78, 5) is 4.71. The van der Waals surface area contributed by atoms with Gasteiger partial charge in [-0.05, 0) is 29.8 Å². The van der Waals surface area contributed by atoms with Gasteiger partial charge in [-0.25, -0.2) is 9.67 Å². The fourth-order valence-electron chi connectivity index (χ4n) is 2.96. The number of methoxy groups -OCH3 is 3. The van der Waals surface area contributed by atoms with Gasteiger partial charge in [0.15, 0.2) is 23.1 Å². The highest BCUT2D eigenvalue weighted by Gasteiger charge is 2.25. The number of aromatic nitrogens is 3. The summed E-state index contributed by atoms with van der Waals surface area (Å²) in [7, 11) is 4.91. The van der Waals surface area contributed by atoms with Crippen molar-refractivity contribution in [3.8, 4) is 40.0 Å². The van der Waals surface area contributed by atoms with E-state index in [1.807, 2.05) is 41.1 Å². The monoisotopic (exact) mass is 323 g/mol. The molecule has 0 unspecified atom stereocenters. The number of fused-ring (bicyclic) bond motifs is 3. The van der Waals surface area contributed by atoms with Crippen LogP contribution in [0.1, 0.15) is 5.56 Å². The highest BCUT2D eigenvalue weighted by molar-refractivity contribution is 5.71. The van der Waals surface area contributed by atoms with E-state index < -0.39 is 0 Å². The van der Waals surface area contributed by atoms with E-state index in [1.54, 1.807) is 21.3 Å². The molecule has 0 N–H and O–H groups in total. The molecule has 0 spiro atoms. The van der Waals surface area contributed by atoms with Gasteiger partial charge >= 0.3 is 0 Å². The Morgan fingerprint density at radius 1 is 0.958 bits per heavy atom. The molecule has 1 aliphatic heterocycles. The molecule has 2 heterocycles. The first kappa shape index (κ1) is 14.6. The first-order valence-corrected chi connectivity index (χ1v) is 7.58. The van der Waals surface area contributed by atoms with Crippen LogP contribution in [0.5, 0.6) is 17.2 Å². The third-order valence-electron chi connectivity index (χ3n) is 4.17. The van der Waals surface area contributed by atoms with Gasteiger partial charge in [0.1, 0.15) is 5.75 Å². The Kier molecular flexibility index (Phi) is 3.37. The number of benzene rings is 2. The summed E-state index contributed by atoms with van der Waals surface area (Å²) in [5.74, 6) is 3.72. The second-order valence-corrected chi connectivity index (χ2v) is 5.51. The van der Waals surface area contributed by atoms with Crippen molar-refractivity contribution in [1.29, 1.82) is 0 Å². The lowest BCUT2D eigenvalue weighted by Crippen LogP contribution is -1.96. The minimum absolute atomic E-state index is 0.669. The van der Waals surface area contributed by atoms with Crippen LogP contribution < -0.4 is 14.2 Å². The highest BCUT2D eigenvalue weighted by atomic mass is 16.5. The molecule has 0 atom stereocenters. The average Bonchev–Trinajstić information content (AvgIpc) is 3.18. The average molecular weight is 323 g/mol. The Bertz CT molecular complexity index is 918. The molecule has 2 aromatic carbocycles. The van der Waals surface area contributed by atoms with Gasteiger partial charge in [0.05, 0.1) is 27.9 Å². The smallest absolute Gasteiger partial charge is 0.181 e. The van der Waals surface area contributed by atoms with E-state index in [4.69, 9.17) is 19.2 Å². The standard InChI is InChI=1S/C18H17N3O3/c1-22-13-6-4-5-11(7-13)17-19-18-14-9-16(24-3)15(23-2)8-12(14)10-21(18)20-17/h4-9H,10H2,1-3H3. The number of hydrogen-bond acceptors (Lipinski definition) is 5. The summed E-state index contributed by atoms with van der Waals surface area (Å²) >= 11 is 0. The third-order valence-corrected chi connectivity index (χ3v) is 4.17. The number of rotatable bonds is 4. The minimum Gasteiger partial charge on any atom is -0.497 e. The molecule has 0 saturated carbocycles. The molecule has 1 aromatic heterocycles. The van der Waals surface area contributed by atoms with Gasteiger partial charge in [-0.2, -0.15) is 5.10 Å². The van der Waals surface area contributed by atoms with E-state index in [-0.39, 0.29) is 0 Å². The van der Waals surface area contributed by atoms with Crippen molar-refractivity contribution in [2.45, 2.75) is 6.54 Å². The lowest BCUT2D eigenvalue weighted by Gasteiger charge is -2.09. The van der Waals surface area contributed by atoms with Crippen LogP contribution in [0.4, 0.5) is 0 Å². The van der Waals surface area contributed by atoms with Crippen LogP contribution in [0.25, 0.3) is 22.8 Å². The molecule has 0 saturated heterocycles. The Morgan fingerprint density at radius 2 is 1.75 bits per heavy atom. The van der Waals surface area contributed by atoms with E-state index in [0.717, 1.165) is 34.0 Å². The fourth-order valence-corrected chi connectivity index (χ4v) is 2.96. The Labute approximate surface area is 139 Å². The quantitative estimate of drug-likeness (QED) is 0.578. The molecule has 122 valence electrons. The van der Waals surface area contributed by atoms with E-state index >= 15 is 0 Å². The Hall–Kier alpha value is -3.02. The normalized spacial score (nSPS) is 11.8. The fraction of sp³-hybridized carbons (Fsp3) is 0.222. The van der Waals surface area contributed by atoms with Gasteiger partial charge in [-0.15, -0.1) is 0 Å². The van der Waals surface area contributed by atoms with Gasteiger partial charge in [0, 0.05) is 11.1 Å². The van der Waals surface area contributed by atoms with Crippen LogP contribution in [-0.4, -0.2) is 36.1 Å². The highest BCUT2D eigenvalue weighted by Crippen LogP contribution is 2.39. The number of hydrogen-bond donors (Lipinski definition) is 0. The molecular formula is C18H17N3O3. The molecule has 1 aliphatic rings. The van der Waals surface area contributed by atoms with Gasteiger partial charge in [0.25, 0.3) is 0 Å². The van der Waals surface area contributed by atoms with Crippen LogP contribution in [0, 0.1) is 0 Å². The summed E-state index contributed by atoms with van der Waals surface area (Å²) in [5.41, 5.74) is 3.08. The molecule has 4 rings (SSSR count). The SMILES string of the molecule is COc1cccc(-c2nc3n(n2)Cc2cc(OC)c(OC)cc2-3)c1. The zero-order valence-electron chi connectivity index (χ0n) is 13.7. The summed E-state index contributed by atoms with van der Waals surface area (Å²) in [6.45, 7) is 0.669. The lowest BCUT2D eigenvalue weighted by atomic mass is 10.1. The van der Waals surface area contributed by atoms with Crippen molar-refractivity contribution in [2.75, 3.05) is 21.3 Å². The Morgan fingerprint density at radius 3 is 2.50 bits per heavy atom. The summed E-state index contributed by atoms with van der Waals surface area (Å²) in [6.07, 6.45) is 0. The van der Waals surface area contributed by atoms with Gasteiger partial charge < -0.3 is 14.2 Å². The largest absolute Gasteiger partial charge is 0.497 e. The molecule has 0 aliphatic carbocycles. The third kappa shape index (κ3) is 2.19. The van der Waals surface area contributed by atoms with Crippen molar-refractivity contribution in [3.63, 3.8) is 0 Å². The van der Waals surface area contributed by atoms with Gasteiger partial charge in [-0.3, -0.25) is 0 Å². The van der Waals surface area contributed by atoms with Gasteiger partial charge in [-0.1, -0.05) is 12.1 Å². The lowest BCUT2D eigenvalue weighted by molar-refractivity contribution is 0.355. The molecule has 0 fully saturated rings. The molecule has 0 amide bonds. The predicted octanol–water partition coefficient (Wildman–Crippen LogP) is 3.00. The Balaban J connectivity index is 1.78. The van der Waals surface area contributed by atoms with Crippen molar-refractivity contribution in [3.05, 3.63) is 42.0 Å². The first-order valence-electron chi connectivity index (χ1n) is 7.58. The maximum absolute atomic E-state index is 5.40. The number of nitrogens with zero attached hydrogens (tertiary/aromatic N) is 3. The molecule has 0 radical (unpaired) electrons. The van der Waals surface area contributed by atoms with Crippen molar-refractivity contribution in [1.82, 2.24) is 14.8 Å². The van der Waals surface area contributed by atoms with Crippen molar-refractivity contribution in [2.24, 2.45) is 0 Å². The van der Waals surface area contributed by atoms with Crippen molar-refractivity contribution < 1.29 is 14.2 Å². The minimum atomic E-state index is 0.669. The molecule has 0 bridgehead atoms.